The van der Waals surface area contributed by atoms with Gasteiger partial charge in [0.1, 0.15) is 0 Å². The Morgan fingerprint density at radius 3 is 2.43 bits per heavy atom. The van der Waals surface area contributed by atoms with Gasteiger partial charge in [-0.25, -0.2) is 12.7 Å². The molecule has 0 aliphatic carbocycles. The Morgan fingerprint density at radius 2 is 1.90 bits per heavy atom. The molecule has 0 saturated carbocycles. The van der Waals surface area contributed by atoms with E-state index in [1.165, 1.54) is 4.31 Å². The highest BCUT2D eigenvalue weighted by Gasteiger charge is 2.29. The largest absolute Gasteiger partial charge is 0.352 e. The molecule has 0 bridgehead atoms. The summed E-state index contributed by atoms with van der Waals surface area (Å²) in [5.74, 6) is 0.220. The second-order valence-electron chi connectivity index (χ2n) is 5.58. The highest BCUT2D eigenvalue weighted by molar-refractivity contribution is 7.89. The van der Waals surface area contributed by atoms with E-state index in [0.29, 0.717) is 25.9 Å². The Kier molecular flexibility index (Phi) is 7.39. The molecule has 0 radical (unpaired) electrons. The van der Waals surface area contributed by atoms with Gasteiger partial charge < -0.3 is 10.6 Å². The second kappa shape index (κ2) is 8.31. The first-order chi connectivity index (χ1) is 9.53. The molecule has 2 aliphatic rings. The molecule has 1 atom stereocenters. The Morgan fingerprint density at radius 1 is 1.24 bits per heavy atom. The van der Waals surface area contributed by atoms with Gasteiger partial charge in [-0.05, 0) is 39.2 Å². The van der Waals surface area contributed by atoms with E-state index >= 15 is 0 Å². The zero-order chi connectivity index (χ0) is 14.6. The minimum Gasteiger partial charge on any atom is -0.352 e. The normalized spacial score (nSPS) is 25.1. The van der Waals surface area contributed by atoms with E-state index in [9.17, 15) is 13.2 Å². The minimum absolute atomic E-state index is 0. The van der Waals surface area contributed by atoms with E-state index in [2.05, 4.69) is 10.6 Å². The van der Waals surface area contributed by atoms with Crippen LogP contribution in [0.5, 0.6) is 0 Å². The monoisotopic (exact) mass is 339 g/mol. The molecule has 2 N–H and O–H groups in total. The van der Waals surface area contributed by atoms with Crippen LogP contribution < -0.4 is 10.6 Å². The summed E-state index contributed by atoms with van der Waals surface area (Å²) in [5.41, 5.74) is 0. The Bertz CT molecular complexity index is 430. The smallest absolute Gasteiger partial charge is 0.237 e. The third kappa shape index (κ3) is 5.09. The van der Waals surface area contributed by atoms with Crippen LogP contribution in [0.25, 0.3) is 0 Å². The molecule has 2 aliphatic heterocycles. The fourth-order valence-electron chi connectivity index (χ4n) is 2.84. The molecule has 8 heteroatoms. The lowest BCUT2D eigenvalue weighted by Gasteiger charge is -2.32. The van der Waals surface area contributed by atoms with Crippen molar-refractivity contribution in [1.29, 1.82) is 0 Å². The summed E-state index contributed by atoms with van der Waals surface area (Å²) < 4.78 is 25.1. The van der Waals surface area contributed by atoms with Gasteiger partial charge in [-0.1, -0.05) is 6.42 Å². The summed E-state index contributed by atoms with van der Waals surface area (Å²) in [6, 6.07) is 0.0377. The number of carbonyl (C=O) groups is 1. The number of rotatable bonds is 4. The number of amides is 1. The lowest BCUT2D eigenvalue weighted by molar-refractivity contribution is -0.124. The van der Waals surface area contributed by atoms with Crippen molar-refractivity contribution in [1.82, 2.24) is 14.9 Å². The predicted octanol–water partition coefficient (Wildman–Crippen LogP) is 0.481. The molecule has 0 spiro atoms. The van der Waals surface area contributed by atoms with Gasteiger partial charge in [-0.2, -0.15) is 0 Å². The van der Waals surface area contributed by atoms with Crippen LogP contribution in [0.3, 0.4) is 0 Å². The molecule has 1 amide bonds. The number of hydrogen-bond acceptors (Lipinski definition) is 4. The average molecular weight is 340 g/mol. The summed E-state index contributed by atoms with van der Waals surface area (Å²) in [6.07, 6.45) is 4.54. The molecule has 2 rings (SSSR count). The van der Waals surface area contributed by atoms with E-state index < -0.39 is 10.0 Å². The van der Waals surface area contributed by atoms with Crippen LogP contribution >= 0.6 is 12.4 Å². The van der Waals surface area contributed by atoms with Crippen LogP contribution in [-0.4, -0.2) is 56.1 Å². The van der Waals surface area contributed by atoms with Crippen molar-refractivity contribution in [3.05, 3.63) is 0 Å². The summed E-state index contributed by atoms with van der Waals surface area (Å²) in [6.45, 7) is 3.60. The quantitative estimate of drug-likeness (QED) is 0.781. The van der Waals surface area contributed by atoms with Crippen LogP contribution in [0.2, 0.25) is 0 Å². The van der Waals surface area contributed by atoms with Crippen molar-refractivity contribution in [3.63, 3.8) is 0 Å². The number of piperidine rings is 2. The second-order valence-corrected chi connectivity index (χ2v) is 7.84. The Hall–Kier alpha value is -0.370. The van der Waals surface area contributed by atoms with E-state index in [-0.39, 0.29) is 36.2 Å². The van der Waals surface area contributed by atoms with E-state index in [1.807, 2.05) is 0 Å². The molecular formula is C13H26ClN3O3S. The highest BCUT2D eigenvalue weighted by Crippen LogP contribution is 2.15. The molecule has 124 valence electrons. The fraction of sp³-hybridized carbons (Fsp3) is 0.923. The number of halogens is 1. The first-order valence-corrected chi connectivity index (χ1v) is 9.15. The zero-order valence-corrected chi connectivity index (χ0v) is 14.1. The number of hydrogen-bond donors (Lipinski definition) is 2. The van der Waals surface area contributed by atoms with E-state index in [0.717, 1.165) is 25.8 Å². The van der Waals surface area contributed by atoms with Crippen molar-refractivity contribution in [3.8, 4) is 0 Å². The number of nitrogens with zero attached hydrogens (tertiary/aromatic N) is 1. The lowest BCUT2D eigenvalue weighted by Crippen LogP contribution is -2.52. The van der Waals surface area contributed by atoms with Crippen molar-refractivity contribution < 1.29 is 13.2 Å². The lowest BCUT2D eigenvalue weighted by atomic mass is 10.0. The van der Waals surface area contributed by atoms with Crippen LogP contribution in [0.15, 0.2) is 0 Å². The summed E-state index contributed by atoms with van der Waals surface area (Å²) in [7, 11) is -3.09. The standard InChI is InChI=1S/C13H25N3O3S.ClH/c1-2-20(18,19)16-9-6-11(7-10-16)15-13(17)12-5-3-4-8-14-12;/h11-12,14H,2-10H2,1H3,(H,15,17);1H/t12-;/m0./s1. The third-order valence-electron chi connectivity index (χ3n) is 4.19. The third-order valence-corrected chi connectivity index (χ3v) is 6.07. The van der Waals surface area contributed by atoms with Crippen molar-refractivity contribution >= 4 is 28.3 Å². The van der Waals surface area contributed by atoms with Gasteiger partial charge in [0.25, 0.3) is 0 Å². The molecule has 0 aromatic rings. The zero-order valence-electron chi connectivity index (χ0n) is 12.5. The van der Waals surface area contributed by atoms with Gasteiger partial charge in [0.15, 0.2) is 0 Å². The maximum atomic E-state index is 12.1. The molecular weight excluding hydrogens is 314 g/mol. The van der Waals surface area contributed by atoms with Gasteiger partial charge in [0.05, 0.1) is 11.8 Å². The van der Waals surface area contributed by atoms with Crippen LogP contribution in [-0.2, 0) is 14.8 Å². The maximum Gasteiger partial charge on any atom is 0.237 e. The molecule has 21 heavy (non-hydrogen) atoms. The Labute approximate surface area is 133 Å². The summed E-state index contributed by atoms with van der Waals surface area (Å²) in [5, 5.41) is 6.29. The maximum absolute atomic E-state index is 12.1. The van der Waals surface area contributed by atoms with Crippen LogP contribution in [0.1, 0.15) is 39.0 Å². The SMILES string of the molecule is CCS(=O)(=O)N1CCC(NC(=O)[C@@H]2CCCCN2)CC1.Cl. The van der Waals surface area contributed by atoms with Crippen LogP contribution in [0.4, 0.5) is 0 Å². The topological polar surface area (TPSA) is 78.5 Å². The molecule has 2 saturated heterocycles. The highest BCUT2D eigenvalue weighted by atomic mass is 35.5. The number of carbonyl (C=O) groups excluding carboxylic acids is 1. The molecule has 0 aromatic carbocycles. The molecule has 0 aromatic heterocycles. The van der Waals surface area contributed by atoms with Crippen molar-refractivity contribution in [2.24, 2.45) is 0 Å². The molecule has 2 heterocycles. The van der Waals surface area contributed by atoms with Gasteiger partial charge in [0, 0.05) is 19.1 Å². The first kappa shape index (κ1) is 18.7. The van der Waals surface area contributed by atoms with Crippen LogP contribution in [0, 0.1) is 0 Å². The van der Waals surface area contributed by atoms with E-state index in [4.69, 9.17) is 0 Å². The molecule has 2 fully saturated rings. The van der Waals surface area contributed by atoms with Gasteiger partial charge in [-0.15, -0.1) is 12.4 Å². The average Bonchev–Trinajstić information content (AvgIpc) is 2.48. The van der Waals surface area contributed by atoms with E-state index in [1.54, 1.807) is 6.92 Å². The van der Waals surface area contributed by atoms with Gasteiger partial charge in [0.2, 0.25) is 15.9 Å². The first-order valence-electron chi connectivity index (χ1n) is 7.54. The fourth-order valence-corrected chi connectivity index (χ4v) is 3.97. The van der Waals surface area contributed by atoms with Crippen molar-refractivity contribution in [2.45, 2.75) is 51.1 Å². The summed E-state index contributed by atoms with van der Waals surface area (Å²) >= 11 is 0. The number of nitrogens with one attached hydrogen (secondary N) is 2. The van der Waals surface area contributed by atoms with Crippen molar-refractivity contribution in [2.75, 3.05) is 25.4 Å². The molecule has 6 nitrogen and oxygen atoms in total. The molecule has 0 unspecified atom stereocenters. The minimum atomic E-state index is -3.09. The number of sulfonamides is 1. The Balaban J connectivity index is 0.00000220. The predicted molar refractivity (Wildman–Crippen MR) is 85.1 cm³/mol. The van der Waals surface area contributed by atoms with Gasteiger partial charge in [-0.3, -0.25) is 4.79 Å². The van der Waals surface area contributed by atoms with Gasteiger partial charge >= 0.3 is 0 Å². The summed E-state index contributed by atoms with van der Waals surface area (Å²) in [4.78, 5) is 12.1.